The number of imide groups is 1. The van der Waals surface area contributed by atoms with Gasteiger partial charge in [-0.05, 0) is 63.6 Å². The van der Waals surface area contributed by atoms with Crippen LogP contribution in [0.3, 0.4) is 0 Å². The number of aliphatic hydroxyl groups excluding tert-OH is 1. The van der Waals surface area contributed by atoms with Crippen LogP contribution in [0.5, 0.6) is 0 Å². The number of aromatic nitrogens is 1. The second kappa shape index (κ2) is 15.4. The number of hydroxylamine groups is 2. The van der Waals surface area contributed by atoms with Gasteiger partial charge in [0, 0.05) is 43.7 Å². The minimum atomic E-state index is -0.776. The molecule has 0 aliphatic carbocycles. The van der Waals surface area contributed by atoms with E-state index >= 15 is 0 Å². The van der Waals surface area contributed by atoms with Crippen LogP contribution in [0.2, 0.25) is 0 Å². The molecular formula is C33H50N4O7. The molecule has 244 valence electrons. The molecule has 1 fully saturated rings. The molecule has 1 aromatic carbocycles. The van der Waals surface area contributed by atoms with E-state index in [-0.39, 0.29) is 25.4 Å². The first kappa shape index (κ1) is 34.9. The number of anilines is 1. The fraction of sp³-hybridized carbons (Fsp3) is 0.636. The molecule has 0 unspecified atom stereocenters. The Morgan fingerprint density at radius 1 is 1.09 bits per heavy atom. The van der Waals surface area contributed by atoms with E-state index in [1.54, 1.807) is 20.8 Å². The number of benzene rings is 1. The number of nitrogens with zero attached hydrogens (tertiary/aromatic N) is 3. The minimum Gasteiger partial charge on any atom is -0.444 e. The number of unbranched alkanes of at least 4 members (excludes halogenated alkanes) is 3. The highest BCUT2D eigenvalue weighted by molar-refractivity contribution is 6.02. The average Bonchev–Trinajstić information content (AvgIpc) is 3.46. The SMILES string of the molecule is CCCCCCn1cc(CC[C@@H](CO)NC(=O)OC(C)(C)C)c2c(N(C)[C@H](C(=O)ON3C(=O)CCC3=O)C(C)C)cccc21. The van der Waals surface area contributed by atoms with Gasteiger partial charge in [0.25, 0.3) is 11.8 Å². The molecule has 1 saturated heterocycles. The molecule has 11 heteroatoms. The molecule has 2 N–H and O–H groups in total. The number of carbonyl (C=O) groups is 4. The van der Waals surface area contributed by atoms with Crippen molar-refractivity contribution in [2.45, 2.75) is 117 Å². The summed E-state index contributed by atoms with van der Waals surface area (Å²) in [5.41, 5.74) is 2.18. The highest BCUT2D eigenvalue weighted by Crippen LogP contribution is 2.35. The Hall–Kier alpha value is -3.60. The van der Waals surface area contributed by atoms with Crippen LogP contribution in [0.4, 0.5) is 10.5 Å². The molecule has 44 heavy (non-hydrogen) atoms. The fourth-order valence-electron chi connectivity index (χ4n) is 5.64. The zero-order valence-corrected chi connectivity index (χ0v) is 27.4. The number of alkyl carbamates (subject to hydrolysis) is 1. The van der Waals surface area contributed by atoms with Crippen molar-refractivity contribution in [3.8, 4) is 0 Å². The van der Waals surface area contributed by atoms with Crippen molar-refractivity contribution < 1.29 is 33.9 Å². The van der Waals surface area contributed by atoms with Crippen molar-refractivity contribution >= 4 is 40.5 Å². The van der Waals surface area contributed by atoms with E-state index in [2.05, 4.69) is 29.1 Å². The number of ether oxygens (including phenoxy) is 1. The lowest BCUT2D eigenvalue weighted by Gasteiger charge is -2.32. The van der Waals surface area contributed by atoms with Crippen LogP contribution in [0.1, 0.15) is 92.1 Å². The maximum atomic E-state index is 13.4. The van der Waals surface area contributed by atoms with Gasteiger partial charge >= 0.3 is 12.1 Å². The van der Waals surface area contributed by atoms with Gasteiger partial charge in [-0.2, -0.15) is 0 Å². The summed E-state index contributed by atoms with van der Waals surface area (Å²) in [6.07, 6.45) is 7.07. The summed E-state index contributed by atoms with van der Waals surface area (Å²) in [4.78, 5) is 57.3. The van der Waals surface area contributed by atoms with Crippen molar-refractivity contribution in [1.82, 2.24) is 14.9 Å². The Morgan fingerprint density at radius 2 is 1.77 bits per heavy atom. The monoisotopic (exact) mass is 614 g/mol. The van der Waals surface area contributed by atoms with E-state index < -0.39 is 41.6 Å². The largest absolute Gasteiger partial charge is 0.444 e. The topological polar surface area (TPSA) is 130 Å². The fourth-order valence-corrected chi connectivity index (χ4v) is 5.64. The molecule has 0 bridgehead atoms. The first-order valence-corrected chi connectivity index (χ1v) is 15.8. The smallest absolute Gasteiger partial charge is 0.407 e. The van der Waals surface area contributed by atoms with Gasteiger partial charge in [0.1, 0.15) is 11.6 Å². The Labute approximate surface area is 260 Å². The standard InChI is InChI=1S/C33H50N4O7/c1-8-9-10-11-19-36-20-23(15-16-24(21-38)34-32(42)43-33(4,5)6)29-25(13-12-14-26(29)36)35(7)30(22(2)3)31(41)44-37-27(39)17-18-28(37)40/h12-14,20,22,24,30,38H,8-11,15-19,21H2,1-7H3,(H,34,42)/t24-,30-/m0/s1. The normalized spacial score (nSPS) is 15.2. The molecule has 0 spiro atoms. The van der Waals surface area contributed by atoms with Crippen molar-refractivity contribution in [1.29, 1.82) is 0 Å². The third-order valence-electron chi connectivity index (χ3n) is 7.78. The zero-order chi connectivity index (χ0) is 32.6. The van der Waals surface area contributed by atoms with Gasteiger partial charge < -0.3 is 29.5 Å². The molecule has 3 amide bonds. The molecule has 11 nitrogen and oxygen atoms in total. The van der Waals surface area contributed by atoms with E-state index in [4.69, 9.17) is 9.57 Å². The van der Waals surface area contributed by atoms with E-state index in [9.17, 15) is 24.3 Å². The third kappa shape index (κ3) is 8.97. The van der Waals surface area contributed by atoms with Crippen LogP contribution in [-0.2, 0) is 36.9 Å². The number of rotatable bonds is 15. The van der Waals surface area contributed by atoms with Crippen molar-refractivity contribution in [2.75, 3.05) is 18.6 Å². The summed E-state index contributed by atoms with van der Waals surface area (Å²) in [6, 6.07) is 4.68. The van der Waals surface area contributed by atoms with Crippen molar-refractivity contribution in [3.05, 3.63) is 30.0 Å². The van der Waals surface area contributed by atoms with Crippen LogP contribution in [0, 0.1) is 5.92 Å². The minimum absolute atomic E-state index is 0.0281. The second-order valence-corrected chi connectivity index (χ2v) is 12.9. The zero-order valence-electron chi connectivity index (χ0n) is 27.4. The molecule has 1 aliphatic heterocycles. The summed E-state index contributed by atoms with van der Waals surface area (Å²) in [5.74, 6) is -1.91. The molecular weight excluding hydrogens is 564 g/mol. The molecule has 2 atom stereocenters. The Morgan fingerprint density at radius 3 is 2.36 bits per heavy atom. The summed E-state index contributed by atoms with van der Waals surface area (Å²) < 4.78 is 7.62. The van der Waals surface area contributed by atoms with Crippen LogP contribution >= 0.6 is 0 Å². The molecule has 0 radical (unpaired) electrons. The van der Waals surface area contributed by atoms with Gasteiger partial charge in [-0.15, -0.1) is 5.06 Å². The number of hydrogen-bond acceptors (Lipinski definition) is 8. The maximum Gasteiger partial charge on any atom is 0.407 e. The lowest BCUT2D eigenvalue weighted by Crippen LogP contribution is -2.47. The van der Waals surface area contributed by atoms with Gasteiger partial charge in [-0.1, -0.05) is 46.1 Å². The van der Waals surface area contributed by atoms with Crippen molar-refractivity contribution in [3.63, 3.8) is 0 Å². The lowest BCUT2D eigenvalue weighted by molar-refractivity contribution is -0.199. The summed E-state index contributed by atoms with van der Waals surface area (Å²) in [5, 5.41) is 14.4. The predicted molar refractivity (Wildman–Crippen MR) is 169 cm³/mol. The predicted octanol–water partition coefficient (Wildman–Crippen LogP) is 5.11. The van der Waals surface area contributed by atoms with Crippen LogP contribution < -0.4 is 10.2 Å². The highest BCUT2D eigenvalue weighted by Gasteiger charge is 2.37. The number of aliphatic hydroxyl groups is 1. The van der Waals surface area contributed by atoms with E-state index in [1.165, 1.54) is 0 Å². The van der Waals surface area contributed by atoms with E-state index in [1.807, 2.05) is 37.9 Å². The number of amides is 3. The number of hydrogen-bond donors (Lipinski definition) is 2. The van der Waals surface area contributed by atoms with Gasteiger partial charge in [0.05, 0.1) is 18.2 Å². The quantitative estimate of drug-likeness (QED) is 0.209. The van der Waals surface area contributed by atoms with Gasteiger partial charge in [-0.25, -0.2) is 9.59 Å². The average molecular weight is 615 g/mol. The van der Waals surface area contributed by atoms with Gasteiger partial charge in [-0.3, -0.25) is 9.59 Å². The molecule has 2 heterocycles. The number of carbonyl (C=O) groups excluding carboxylic acids is 4. The number of likely N-dealkylation sites (N-methyl/N-ethyl adjacent to an activating group) is 1. The summed E-state index contributed by atoms with van der Waals surface area (Å²) in [7, 11) is 1.82. The first-order valence-electron chi connectivity index (χ1n) is 15.8. The van der Waals surface area contributed by atoms with E-state index in [0.717, 1.165) is 54.4 Å². The second-order valence-electron chi connectivity index (χ2n) is 12.9. The summed E-state index contributed by atoms with van der Waals surface area (Å²) >= 11 is 0. The van der Waals surface area contributed by atoms with Gasteiger partial charge in [0.2, 0.25) is 0 Å². The molecule has 1 aliphatic rings. The Bertz CT molecular complexity index is 1300. The lowest BCUT2D eigenvalue weighted by atomic mass is 9.99. The number of aryl methyl sites for hydroxylation is 2. The molecule has 1 aromatic heterocycles. The van der Waals surface area contributed by atoms with Gasteiger partial charge in [0.15, 0.2) is 0 Å². The van der Waals surface area contributed by atoms with Crippen LogP contribution in [0.25, 0.3) is 10.9 Å². The number of fused-ring (bicyclic) bond motifs is 1. The molecule has 2 aromatic rings. The molecule has 3 rings (SSSR count). The van der Waals surface area contributed by atoms with Crippen LogP contribution in [0.15, 0.2) is 24.4 Å². The number of nitrogens with one attached hydrogen (secondary N) is 1. The van der Waals surface area contributed by atoms with Crippen LogP contribution in [-0.4, -0.2) is 70.0 Å². The van der Waals surface area contributed by atoms with E-state index in [0.29, 0.717) is 17.9 Å². The summed E-state index contributed by atoms with van der Waals surface area (Å²) in [6.45, 7) is 11.9. The first-order chi connectivity index (χ1) is 20.8. The third-order valence-corrected chi connectivity index (χ3v) is 7.78. The molecule has 0 saturated carbocycles. The Kier molecular flexibility index (Phi) is 12.2. The maximum absolute atomic E-state index is 13.4. The highest BCUT2D eigenvalue weighted by atomic mass is 16.7. The van der Waals surface area contributed by atoms with Crippen molar-refractivity contribution in [2.24, 2.45) is 5.92 Å². The Balaban J connectivity index is 1.95.